The van der Waals surface area contributed by atoms with Gasteiger partial charge in [-0.3, -0.25) is 5.10 Å². The molecule has 1 atom stereocenters. The Bertz CT molecular complexity index is 460. The van der Waals surface area contributed by atoms with Crippen LogP contribution in [0.4, 0.5) is 0 Å². The Hall–Kier alpha value is -1.61. The molecule has 0 saturated heterocycles. The molecule has 0 spiro atoms. The number of hydrogen-bond acceptors (Lipinski definition) is 2. The third-order valence-corrected chi connectivity index (χ3v) is 2.87. The zero-order chi connectivity index (χ0) is 11.5. The van der Waals surface area contributed by atoms with Crippen molar-refractivity contribution in [1.29, 1.82) is 0 Å². The molecule has 2 aromatic rings. The summed E-state index contributed by atoms with van der Waals surface area (Å²) in [6.07, 6.45) is 1.78. The Balaban J connectivity index is 2.44. The summed E-state index contributed by atoms with van der Waals surface area (Å²) in [4.78, 5) is 0. The van der Waals surface area contributed by atoms with Gasteiger partial charge in [0.05, 0.1) is 11.7 Å². The number of aromatic amines is 1. The minimum Gasteiger partial charge on any atom is -0.308 e. The maximum atomic E-state index is 4.00. The van der Waals surface area contributed by atoms with Gasteiger partial charge in [0.25, 0.3) is 0 Å². The third kappa shape index (κ3) is 1.99. The lowest BCUT2D eigenvalue weighted by Gasteiger charge is -2.18. The molecule has 0 bridgehead atoms. The van der Waals surface area contributed by atoms with Gasteiger partial charge in [-0.15, -0.1) is 0 Å². The van der Waals surface area contributed by atoms with Gasteiger partial charge in [0.1, 0.15) is 0 Å². The van der Waals surface area contributed by atoms with Crippen LogP contribution in [-0.4, -0.2) is 17.2 Å². The molecule has 1 aromatic heterocycles. The third-order valence-electron chi connectivity index (χ3n) is 2.87. The largest absolute Gasteiger partial charge is 0.308 e. The Kier molecular flexibility index (Phi) is 3.06. The lowest BCUT2D eigenvalue weighted by Crippen LogP contribution is -2.19. The summed E-state index contributed by atoms with van der Waals surface area (Å²) in [5, 5.41) is 10.3. The number of aromatic nitrogens is 2. The van der Waals surface area contributed by atoms with Gasteiger partial charge in [0.2, 0.25) is 0 Å². The van der Waals surface area contributed by atoms with Gasteiger partial charge in [0, 0.05) is 6.20 Å². The van der Waals surface area contributed by atoms with E-state index >= 15 is 0 Å². The van der Waals surface area contributed by atoms with Crippen molar-refractivity contribution in [2.75, 3.05) is 7.05 Å². The maximum absolute atomic E-state index is 4.00. The minimum absolute atomic E-state index is 0.183. The van der Waals surface area contributed by atoms with E-state index in [0.29, 0.717) is 0 Å². The molecule has 84 valence electrons. The van der Waals surface area contributed by atoms with Crippen LogP contribution in [0, 0.1) is 13.8 Å². The van der Waals surface area contributed by atoms with Crippen LogP contribution >= 0.6 is 0 Å². The van der Waals surface area contributed by atoms with Gasteiger partial charge in [-0.1, -0.05) is 23.8 Å². The van der Waals surface area contributed by atoms with E-state index in [1.165, 1.54) is 16.7 Å². The van der Waals surface area contributed by atoms with Crippen LogP contribution in [0.5, 0.6) is 0 Å². The van der Waals surface area contributed by atoms with Gasteiger partial charge < -0.3 is 5.32 Å². The number of H-pyrrole nitrogens is 1. The number of nitrogens with zero attached hydrogens (tertiary/aromatic N) is 1. The quantitative estimate of drug-likeness (QED) is 0.825. The van der Waals surface area contributed by atoms with E-state index in [-0.39, 0.29) is 6.04 Å². The predicted molar refractivity (Wildman–Crippen MR) is 65.4 cm³/mol. The summed E-state index contributed by atoms with van der Waals surface area (Å²) < 4.78 is 0. The lowest BCUT2D eigenvalue weighted by molar-refractivity contribution is 0.663. The number of aryl methyl sites for hydroxylation is 2. The fourth-order valence-corrected chi connectivity index (χ4v) is 1.98. The van der Waals surface area contributed by atoms with Gasteiger partial charge in [-0.2, -0.15) is 5.10 Å². The highest BCUT2D eigenvalue weighted by Crippen LogP contribution is 2.23. The molecule has 0 fully saturated rings. The zero-order valence-electron chi connectivity index (χ0n) is 9.91. The molecule has 2 N–H and O–H groups in total. The van der Waals surface area contributed by atoms with Crippen LogP contribution in [0.15, 0.2) is 30.5 Å². The van der Waals surface area contributed by atoms with E-state index in [9.17, 15) is 0 Å². The summed E-state index contributed by atoms with van der Waals surface area (Å²) in [6.45, 7) is 4.25. The van der Waals surface area contributed by atoms with E-state index < -0.39 is 0 Å². The molecule has 16 heavy (non-hydrogen) atoms. The van der Waals surface area contributed by atoms with Gasteiger partial charge in [-0.25, -0.2) is 0 Å². The van der Waals surface area contributed by atoms with Crippen LogP contribution in [0.2, 0.25) is 0 Å². The second-order valence-electron chi connectivity index (χ2n) is 4.09. The number of nitrogens with one attached hydrogen (secondary N) is 2. The molecular formula is C13H17N3. The molecule has 0 saturated carbocycles. The first-order chi connectivity index (χ1) is 7.72. The molecule has 3 nitrogen and oxygen atoms in total. The SMILES string of the molecule is CNC(c1ccn[nH]1)c1cc(C)ccc1C. The Labute approximate surface area is 95.9 Å². The van der Waals surface area contributed by atoms with Crippen molar-refractivity contribution in [2.45, 2.75) is 19.9 Å². The summed E-state index contributed by atoms with van der Waals surface area (Å²) in [5.41, 5.74) is 4.96. The average molecular weight is 215 g/mol. The summed E-state index contributed by atoms with van der Waals surface area (Å²) in [6, 6.07) is 8.70. The highest BCUT2D eigenvalue weighted by atomic mass is 15.1. The molecule has 1 heterocycles. The van der Waals surface area contributed by atoms with Crippen LogP contribution in [0.25, 0.3) is 0 Å². The molecule has 0 radical (unpaired) electrons. The predicted octanol–water partition coefficient (Wildman–Crippen LogP) is 2.34. The van der Waals surface area contributed by atoms with E-state index in [1.807, 2.05) is 13.1 Å². The first-order valence-electron chi connectivity index (χ1n) is 5.46. The number of benzene rings is 1. The summed E-state index contributed by atoms with van der Waals surface area (Å²) in [7, 11) is 1.97. The maximum Gasteiger partial charge on any atom is 0.0745 e. The fourth-order valence-electron chi connectivity index (χ4n) is 1.98. The fraction of sp³-hybridized carbons (Fsp3) is 0.308. The van der Waals surface area contributed by atoms with Gasteiger partial charge >= 0.3 is 0 Å². The standard InChI is InChI=1S/C13H17N3/c1-9-4-5-10(2)11(8-9)13(14-3)12-6-7-15-16-12/h4-8,13-14H,1-3H3,(H,15,16). The van der Waals surface area contributed by atoms with Crippen LogP contribution in [-0.2, 0) is 0 Å². The lowest BCUT2D eigenvalue weighted by atomic mass is 9.97. The van der Waals surface area contributed by atoms with Crippen molar-refractivity contribution < 1.29 is 0 Å². The normalized spacial score (nSPS) is 12.7. The molecule has 3 heteroatoms. The first-order valence-corrected chi connectivity index (χ1v) is 5.46. The number of rotatable bonds is 3. The monoisotopic (exact) mass is 215 g/mol. The molecule has 0 aliphatic heterocycles. The molecule has 2 rings (SSSR count). The summed E-state index contributed by atoms with van der Waals surface area (Å²) in [5.74, 6) is 0. The molecule has 0 aliphatic carbocycles. The van der Waals surface area contributed by atoms with Crippen molar-refractivity contribution in [2.24, 2.45) is 0 Å². The zero-order valence-corrected chi connectivity index (χ0v) is 9.91. The topological polar surface area (TPSA) is 40.7 Å². The average Bonchev–Trinajstić information content (AvgIpc) is 2.78. The van der Waals surface area contributed by atoms with E-state index in [4.69, 9.17) is 0 Å². The summed E-state index contributed by atoms with van der Waals surface area (Å²) >= 11 is 0. The minimum atomic E-state index is 0.183. The number of hydrogen-bond donors (Lipinski definition) is 2. The molecule has 0 aliphatic rings. The Morgan fingerprint density at radius 2 is 2.06 bits per heavy atom. The van der Waals surface area contributed by atoms with Crippen molar-refractivity contribution in [3.8, 4) is 0 Å². The van der Waals surface area contributed by atoms with Gasteiger partial charge in [0.15, 0.2) is 0 Å². The Morgan fingerprint density at radius 1 is 1.25 bits per heavy atom. The Morgan fingerprint density at radius 3 is 2.69 bits per heavy atom. The molecule has 1 unspecified atom stereocenters. The second-order valence-corrected chi connectivity index (χ2v) is 4.09. The van der Waals surface area contributed by atoms with Crippen molar-refractivity contribution in [3.63, 3.8) is 0 Å². The van der Waals surface area contributed by atoms with Crippen LogP contribution in [0.3, 0.4) is 0 Å². The second kappa shape index (κ2) is 4.49. The van der Waals surface area contributed by atoms with Crippen molar-refractivity contribution >= 4 is 0 Å². The van der Waals surface area contributed by atoms with Crippen molar-refractivity contribution in [3.05, 3.63) is 52.8 Å². The van der Waals surface area contributed by atoms with Crippen LogP contribution in [0.1, 0.15) is 28.4 Å². The molecule has 0 amide bonds. The van der Waals surface area contributed by atoms with E-state index in [1.54, 1.807) is 6.20 Å². The molecular weight excluding hydrogens is 198 g/mol. The van der Waals surface area contributed by atoms with E-state index in [2.05, 4.69) is 47.6 Å². The van der Waals surface area contributed by atoms with Crippen LogP contribution < -0.4 is 5.32 Å². The van der Waals surface area contributed by atoms with Gasteiger partial charge in [-0.05, 0) is 38.1 Å². The highest BCUT2D eigenvalue weighted by molar-refractivity contribution is 5.36. The van der Waals surface area contributed by atoms with Crippen molar-refractivity contribution in [1.82, 2.24) is 15.5 Å². The van der Waals surface area contributed by atoms with E-state index in [0.717, 1.165) is 5.69 Å². The highest BCUT2D eigenvalue weighted by Gasteiger charge is 2.15. The first kappa shape index (κ1) is 10.9. The molecule has 1 aromatic carbocycles. The smallest absolute Gasteiger partial charge is 0.0745 e.